The Morgan fingerprint density at radius 1 is 0.833 bits per heavy atom. The Hall–Kier alpha value is -4.27. The summed E-state index contributed by atoms with van der Waals surface area (Å²) >= 11 is 0. The lowest BCUT2D eigenvalue weighted by Crippen LogP contribution is -2.51. The molecule has 2 heterocycles. The third-order valence-corrected chi connectivity index (χ3v) is 6.70. The summed E-state index contributed by atoms with van der Waals surface area (Å²) < 4.78 is 39.0. The molecule has 2 aliphatic rings. The van der Waals surface area contributed by atoms with E-state index in [4.69, 9.17) is 0 Å². The van der Waals surface area contributed by atoms with E-state index in [0.717, 1.165) is 29.2 Å². The SMILES string of the molecule is CC1=NN(c2ccccc2)C(=O)C1(c1ccccc1)C1CC(=O)N(c2ccc(C(F)(F)F)cc2)C1=O. The molecule has 0 bridgehead atoms. The van der Waals surface area contributed by atoms with E-state index in [0.29, 0.717) is 17.0 Å². The van der Waals surface area contributed by atoms with Gasteiger partial charge in [-0.2, -0.15) is 23.3 Å². The van der Waals surface area contributed by atoms with Crippen LogP contribution in [0.5, 0.6) is 0 Å². The molecule has 3 aromatic rings. The first-order valence-corrected chi connectivity index (χ1v) is 11.2. The Labute approximate surface area is 204 Å². The molecule has 0 N–H and O–H groups in total. The summed E-state index contributed by atoms with van der Waals surface area (Å²) in [6, 6.07) is 21.2. The molecule has 3 amide bonds. The summed E-state index contributed by atoms with van der Waals surface area (Å²) in [6.07, 6.45) is -4.85. The van der Waals surface area contributed by atoms with Crippen LogP contribution in [-0.4, -0.2) is 23.4 Å². The number of carbonyl (C=O) groups excluding carboxylic acids is 3. The van der Waals surface area contributed by atoms with Crippen LogP contribution in [0.3, 0.4) is 0 Å². The highest BCUT2D eigenvalue weighted by molar-refractivity contribution is 6.30. The molecule has 3 aromatic carbocycles. The van der Waals surface area contributed by atoms with E-state index in [-0.39, 0.29) is 12.1 Å². The van der Waals surface area contributed by atoms with Crippen LogP contribution in [0.15, 0.2) is 90.0 Å². The van der Waals surface area contributed by atoms with E-state index < -0.39 is 40.8 Å². The molecule has 0 aromatic heterocycles. The summed E-state index contributed by atoms with van der Waals surface area (Å²) in [5, 5.41) is 5.74. The van der Waals surface area contributed by atoms with Crippen LogP contribution < -0.4 is 9.91 Å². The van der Waals surface area contributed by atoms with Crippen molar-refractivity contribution in [1.82, 2.24) is 0 Å². The number of alkyl halides is 3. The minimum atomic E-state index is -4.55. The van der Waals surface area contributed by atoms with Crippen LogP contribution in [-0.2, 0) is 26.0 Å². The predicted octanol–water partition coefficient (Wildman–Crippen LogP) is 4.95. The standard InChI is InChI=1S/C27H20F3N3O3/c1-17-26(18-8-4-2-5-9-18,25(36)33(31-17)21-10-6-3-7-11-21)22-16-23(34)32(24(22)35)20-14-12-19(13-15-20)27(28,29)30/h2-15,22H,16H2,1H3. The van der Waals surface area contributed by atoms with E-state index in [9.17, 15) is 27.6 Å². The van der Waals surface area contributed by atoms with Crippen molar-refractivity contribution < 1.29 is 27.6 Å². The fraction of sp³-hybridized carbons (Fsp3) is 0.185. The summed E-state index contributed by atoms with van der Waals surface area (Å²) in [7, 11) is 0. The lowest BCUT2D eigenvalue weighted by molar-refractivity contribution is -0.137. The van der Waals surface area contributed by atoms with Crippen molar-refractivity contribution in [3.63, 3.8) is 0 Å². The number of rotatable bonds is 4. The summed E-state index contributed by atoms with van der Waals surface area (Å²) in [5.41, 5.74) is -1.06. The van der Waals surface area contributed by atoms with Crippen molar-refractivity contribution in [2.45, 2.75) is 24.9 Å². The average molecular weight is 491 g/mol. The quantitative estimate of drug-likeness (QED) is 0.485. The minimum Gasteiger partial charge on any atom is -0.274 e. The predicted molar refractivity (Wildman–Crippen MR) is 127 cm³/mol. The van der Waals surface area contributed by atoms with Gasteiger partial charge in [0, 0.05) is 6.42 Å². The number of amides is 3. The molecule has 2 atom stereocenters. The maximum absolute atomic E-state index is 14.1. The second-order valence-electron chi connectivity index (χ2n) is 8.68. The van der Waals surface area contributed by atoms with Gasteiger partial charge in [0.15, 0.2) is 0 Å². The first-order chi connectivity index (χ1) is 17.2. The molecule has 0 spiro atoms. The molecule has 6 nitrogen and oxygen atoms in total. The van der Waals surface area contributed by atoms with Crippen molar-refractivity contribution in [3.8, 4) is 0 Å². The van der Waals surface area contributed by atoms with Gasteiger partial charge in [-0.3, -0.25) is 19.3 Å². The van der Waals surface area contributed by atoms with E-state index in [1.165, 1.54) is 5.01 Å². The van der Waals surface area contributed by atoms with Gasteiger partial charge in [0.1, 0.15) is 5.41 Å². The van der Waals surface area contributed by atoms with E-state index >= 15 is 0 Å². The Morgan fingerprint density at radius 2 is 1.42 bits per heavy atom. The van der Waals surface area contributed by atoms with Gasteiger partial charge in [-0.05, 0) is 48.9 Å². The molecule has 2 unspecified atom stereocenters. The zero-order valence-electron chi connectivity index (χ0n) is 19.1. The number of hydrazone groups is 1. The molecule has 182 valence electrons. The van der Waals surface area contributed by atoms with Gasteiger partial charge in [-0.1, -0.05) is 48.5 Å². The number of hydrogen-bond donors (Lipinski definition) is 0. The average Bonchev–Trinajstić information content (AvgIpc) is 3.31. The molecule has 9 heteroatoms. The van der Waals surface area contributed by atoms with Crippen LogP contribution in [0.1, 0.15) is 24.5 Å². The van der Waals surface area contributed by atoms with Crippen LogP contribution >= 0.6 is 0 Å². The second kappa shape index (κ2) is 8.44. The number of imide groups is 1. The largest absolute Gasteiger partial charge is 0.416 e. The number of nitrogens with zero attached hydrogens (tertiary/aromatic N) is 3. The van der Waals surface area contributed by atoms with E-state index in [2.05, 4.69) is 5.10 Å². The third-order valence-electron chi connectivity index (χ3n) is 6.70. The summed E-state index contributed by atoms with van der Waals surface area (Å²) in [5.74, 6) is -2.86. The molecule has 1 fully saturated rings. The van der Waals surface area contributed by atoms with Crippen molar-refractivity contribution in [2.24, 2.45) is 11.0 Å². The van der Waals surface area contributed by atoms with Gasteiger partial charge in [0.2, 0.25) is 11.8 Å². The molecule has 0 saturated carbocycles. The molecule has 1 saturated heterocycles. The monoisotopic (exact) mass is 491 g/mol. The molecule has 5 rings (SSSR count). The van der Waals surface area contributed by atoms with Gasteiger partial charge >= 0.3 is 6.18 Å². The number of benzene rings is 3. The fourth-order valence-corrected chi connectivity index (χ4v) is 5.02. The number of hydrogen-bond acceptors (Lipinski definition) is 4. The summed E-state index contributed by atoms with van der Waals surface area (Å²) in [4.78, 5) is 41.8. The van der Waals surface area contributed by atoms with Crippen LogP contribution in [0, 0.1) is 5.92 Å². The van der Waals surface area contributed by atoms with Gasteiger partial charge in [-0.25, -0.2) is 0 Å². The minimum absolute atomic E-state index is 0.0173. The van der Waals surface area contributed by atoms with Crippen molar-refractivity contribution in [3.05, 3.63) is 96.1 Å². The normalized spacial score (nSPS) is 22.4. The van der Waals surface area contributed by atoms with Crippen molar-refractivity contribution in [1.29, 1.82) is 0 Å². The zero-order chi connectivity index (χ0) is 25.7. The molecule has 0 aliphatic carbocycles. The van der Waals surface area contributed by atoms with Crippen LogP contribution in [0.2, 0.25) is 0 Å². The number of halogens is 3. The third kappa shape index (κ3) is 3.50. The van der Waals surface area contributed by atoms with Crippen LogP contribution in [0.4, 0.5) is 24.5 Å². The highest BCUT2D eigenvalue weighted by atomic mass is 19.4. The van der Waals surface area contributed by atoms with Gasteiger partial charge in [0.05, 0.1) is 28.6 Å². The zero-order valence-corrected chi connectivity index (χ0v) is 19.1. The van der Waals surface area contributed by atoms with Crippen molar-refractivity contribution in [2.75, 3.05) is 9.91 Å². The number of para-hydroxylation sites is 1. The van der Waals surface area contributed by atoms with E-state index in [1.807, 2.05) is 0 Å². The van der Waals surface area contributed by atoms with Crippen LogP contribution in [0.25, 0.3) is 0 Å². The lowest BCUT2D eigenvalue weighted by Gasteiger charge is -2.33. The molecule has 2 aliphatic heterocycles. The first-order valence-electron chi connectivity index (χ1n) is 11.2. The highest BCUT2D eigenvalue weighted by Crippen LogP contribution is 2.47. The van der Waals surface area contributed by atoms with Gasteiger partial charge < -0.3 is 0 Å². The topological polar surface area (TPSA) is 70.1 Å². The maximum Gasteiger partial charge on any atom is 0.416 e. The summed E-state index contributed by atoms with van der Waals surface area (Å²) in [6.45, 7) is 1.65. The molecule has 36 heavy (non-hydrogen) atoms. The Kier molecular flexibility index (Phi) is 5.50. The second-order valence-corrected chi connectivity index (χ2v) is 8.68. The maximum atomic E-state index is 14.1. The van der Waals surface area contributed by atoms with Gasteiger partial charge in [-0.15, -0.1) is 0 Å². The highest BCUT2D eigenvalue weighted by Gasteiger charge is 2.62. The number of carbonyl (C=O) groups is 3. The molecular formula is C27H20F3N3O3. The Bertz CT molecular complexity index is 1370. The lowest BCUT2D eigenvalue weighted by atomic mass is 9.66. The first kappa shape index (κ1) is 23.5. The Morgan fingerprint density at radius 3 is 2.00 bits per heavy atom. The van der Waals surface area contributed by atoms with Crippen molar-refractivity contribution >= 4 is 34.8 Å². The molecular weight excluding hydrogens is 471 g/mol. The smallest absolute Gasteiger partial charge is 0.274 e. The van der Waals surface area contributed by atoms with E-state index in [1.54, 1.807) is 67.6 Å². The fourth-order valence-electron chi connectivity index (χ4n) is 5.02. The molecule has 0 radical (unpaired) electrons. The Balaban J connectivity index is 1.59. The van der Waals surface area contributed by atoms with Gasteiger partial charge in [0.25, 0.3) is 5.91 Å². The number of anilines is 2.